The molecule has 2 fully saturated rings. The van der Waals surface area contributed by atoms with E-state index < -0.39 is 0 Å². The van der Waals surface area contributed by atoms with Gasteiger partial charge in [-0.2, -0.15) is 0 Å². The molecule has 3 nitrogen and oxygen atoms in total. The lowest BCUT2D eigenvalue weighted by molar-refractivity contribution is 0.250. The van der Waals surface area contributed by atoms with Crippen molar-refractivity contribution >= 4 is 0 Å². The summed E-state index contributed by atoms with van der Waals surface area (Å²) in [6.07, 6.45) is 3.73. The SMILES string of the molecule is CC(C)N1CCC(CNC2CC(N)C2)C1. The molecule has 3 heteroatoms. The maximum absolute atomic E-state index is 5.77. The van der Waals surface area contributed by atoms with Crippen molar-refractivity contribution in [3.05, 3.63) is 0 Å². The molecule has 1 saturated carbocycles. The molecule has 1 aliphatic heterocycles. The van der Waals surface area contributed by atoms with Gasteiger partial charge in [0.1, 0.15) is 0 Å². The normalized spacial score (nSPS) is 37.2. The molecular weight excluding hydrogens is 186 g/mol. The molecule has 88 valence electrons. The van der Waals surface area contributed by atoms with Crippen LogP contribution in [-0.4, -0.2) is 42.7 Å². The van der Waals surface area contributed by atoms with E-state index in [1.165, 1.54) is 38.9 Å². The fourth-order valence-corrected chi connectivity index (χ4v) is 2.66. The van der Waals surface area contributed by atoms with Gasteiger partial charge in [-0.25, -0.2) is 0 Å². The minimum atomic E-state index is 0.471. The summed E-state index contributed by atoms with van der Waals surface area (Å²) in [7, 11) is 0. The highest BCUT2D eigenvalue weighted by molar-refractivity contribution is 4.89. The molecule has 3 N–H and O–H groups in total. The third-order valence-electron chi connectivity index (χ3n) is 3.92. The lowest BCUT2D eigenvalue weighted by Crippen LogP contribution is -2.49. The van der Waals surface area contributed by atoms with E-state index in [1.54, 1.807) is 0 Å². The molecule has 0 aromatic rings. The van der Waals surface area contributed by atoms with E-state index in [-0.39, 0.29) is 0 Å². The Morgan fingerprint density at radius 1 is 1.40 bits per heavy atom. The van der Waals surface area contributed by atoms with E-state index in [9.17, 15) is 0 Å². The Balaban J connectivity index is 1.61. The first-order chi connectivity index (χ1) is 7.15. The molecule has 1 heterocycles. The van der Waals surface area contributed by atoms with Gasteiger partial charge in [0.05, 0.1) is 0 Å². The number of hydrogen-bond donors (Lipinski definition) is 2. The number of hydrogen-bond acceptors (Lipinski definition) is 3. The summed E-state index contributed by atoms with van der Waals surface area (Å²) < 4.78 is 0. The van der Waals surface area contributed by atoms with Gasteiger partial charge in [0, 0.05) is 24.7 Å². The van der Waals surface area contributed by atoms with Gasteiger partial charge in [-0.15, -0.1) is 0 Å². The summed E-state index contributed by atoms with van der Waals surface area (Å²) in [5, 5.41) is 3.64. The summed E-state index contributed by atoms with van der Waals surface area (Å²) in [6.45, 7) is 8.35. The fraction of sp³-hybridized carbons (Fsp3) is 1.00. The van der Waals surface area contributed by atoms with E-state index in [1.807, 2.05) is 0 Å². The van der Waals surface area contributed by atoms with Crippen molar-refractivity contribution in [1.29, 1.82) is 0 Å². The number of rotatable bonds is 4. The van der Waals surface area contributed by atoms with E-state index >= 15 is 0 Å². The van der Waals surface area contributed by atoms with Crippen LogP contribution in [0.3, 0.4) is 0 Å². The van der Waals surface area contributed by atoms with Crippen molar-refractivity contribution in [1.82, 2.24) is 10.2 Å². The molecule has 2 aliphatic rings. The fourth-order valence-electron chi connectivity index (χ4n) is 2.66. The lowest BCUT2D eigenvalue weighted by atomic mass is 9.87. The Morgan fingerprint density at radius 3 is 2.67 bits per heavy atom. The molecule has 0 aromatic carbocycles. The van der Waals surface area contributed by atoms with Crippen LogP contribution in [-0.2, 0) is 0 Å². The van der Waals surface area contributed by atoms with Crippen LogP contribution < -0.4 is 11.1 Å². The number of nitrogens with zero attached hydrogens (tertiary/aromatic N) is 1. The third kappa shape index (κ3) is 2.92. The standard InChI is InChI=1S/C12H25N3/c1-9(2)15-4-3-10(8-15)7-14-12-5-11(13)6-12/h9-12,14H,3-8,13H2,1-2H3. The minimum Gasteiger partial charge on any atom is -0.328 e. The molecule has 15 heavy (non-hydrogen) atoms. The molecule has 1 unspecified atom stereocenters. The highest BCUT2D eigenvalue weighted by atomic mass is 15.2. The first-order valence-corrected chi connectivity index (χ1v) is 6.38. The van der Waals surface area contributed by atoms with E-state index in [0.717, 1.165) is 5.92 Å². The Bertz CT molecular complexity index is 199. The van der Waals surface area contributed by atoms with Gasteiger partial charge in [-0.1, -0.05) is 0 Å². The number of nitrogens with two attached hydrogens (primary N) is 1. The van der Waals surface area contributed by atoms with Crippen LogP contribution in [0.4, 0.5) is 0 Å². The van der Waals surface area contributed by atoms with Crippen LogP contribution in [0, 0.1) is 5.92 Å². The second kappa shape index (κ2) is 4.81. The number of likely N-dealkylation sites (tertiary alicyclic amines) is 1. The predicted molar refractivity (Wildman–Crippen MR) is 63.8 cm³/mol. The number of nitrogens with one attached hydrogen (secondary N) is 1. The van der Waals surface area contributed by atoms with Crippen molar-refractivity contribution in [3.8, 4) is 0 Å². The molecule has 0 aromatic heterocycles. The first-order valence-electron chi connectivity index (χ1n) is 6.38. The van der Waals surface area contributed by atoms with Crippen LogP contribution in [0.1, 0.15) is 33.1 Å². The van der Waals surface area contributed by atoms with Gasteiger partial charge in [-0.3, -0.25) is 0 Å². The van der Waals surface area contributed by atoms with Gasteiger partial charge in [0.15, 0.2) is 0 Å². The highest BCUT2D eigenvalue weighted by Gasteiger charge is 2.28. The van der Waals surface area contributed by atoms with Crippen molar-refractivity contribution < 1.29 is 0 Å². The van der Waals surface area contributed by atoms with E-state index in [2.05, 4.69) is 24.1 Å². The van der Waals surface area contributed by atoms with Gasteiger partial charge in [0.2, 0.25) is 0 Å². The maximum Gasteiger partial charge on any atom is 0.00966 e. The summed E-state index contributed by atoms with van der Waals surface area (Å²) in [4.78, 5) is 2.58. The Morgan fingerprint density at radius 2 is 2.13 bits per heavy atom. The molecule has 1 saturated heterocycles. The molecule has 0 bridgehead atoms. The van der Waals surface area contributed by atoms with Crippen LogP contribution in [0.15, 0.2) is 0 Å². The summed E-state index contributed by atoms with van der Waals surface area (Å²) in [5.41, 5.74) is 5.77. The summed E-state index contributed by atoms with van der Waals surface area (Å²) in [6, 6.07) is 1.90. The van der Waals surface area contributed by atoms with E-state index in [4.69, 9.17) is 5.73 Å². The monoisotopic (exact) mass is 211 g/mol. The average molecular weight is 211 g/mol. The Kier molecular flexibility index (Phi) is 3.65. The van der Waals surface area contributed by atoms with E-state index in [0.29, 0.717) is 18.1 Å². The van der Waals surface area contributed by atoms with Crippen molar-refractivity contribution in [2.75, 3.05) is 19.6 Å². The van der Waals surface area contributed by atoms with Crippen molar-refractivity contribution in [2.45, 2.75) is 51.2 Å². The highest BCUT2D eigenvalue weighted by Crippen LogP contribution is 2.21. The minimum absolute atomic E-state index is 0.471. The second-order valence-electron chi connectivity index (χ2n) is 5.58. The molecule has 1 aliphatic carbocycles. The molecule has 1 atom stereocenters. The van der Waals surface area contributed by atoms with Crippen LogP contribution >= 0.6 is 0 Å². The van der Waals surface area contributed by atoms with Crippen molar-refractivity contribution in [2.24, 2.45) is 11.7 Å². The van der Waals surface area contributed by atoms with Gasteiger partial charge in [-0.05, 0) is 52.1 Å². The summed E-state index contributed by atoms with van der Waals surface area (Å²) in [5.74, 6) is 0.865. The topological polar surface area (TPSA) is 41.3 Å². The predicted octanol–water partition coefficient (Wildman–Crippen LogP) is 0.796. The largest absolute Gasteiger partial charge is 0.328 e. The van der Waals surface area contributed by atoms with Crippen LogP contribution in [0.2, 0.25) is 0 Å². The maximum atomic E-state index is 5.77. The molecule has 0 spiro atoms. The molecular formula is C12H25N3. The molecule has 0 radical (unpaired) electrons. The zero-order chi connectivity index (χ0) is 10.8. The lowest BCUT2D eigenvalue weighted by Gasteiger charge is -2.34. The van der Waals surface area contributed by atoms with Gasteiger partial charge >= 0.3 is 0 Å². The van der Waals surface area contributed by atoms with Gasteiger partial charge in [0.25, 0.3) is 0 Å². The van der Waals surface area contributed by atoms with Crippen LogP contribution in [0.25, 0.3) is 0 Å². The third-order valence-corrected chi connectivity index (χ3v) is 3.92. The van der Waals surface area contributed by atoms with Crippen molar-refractivity contribution in [3.63, 3.8) is 0 Å². The summed E-state index contributed by atoms with van der Waals surface area (Å²) >= 11 is 0. The quantitative estimate of drug-likeness (QED) is 0.722. The second-order valence-corrected chi connectivity index (χ2v) is 5.58. The van der Waals surface area contributed by atoms with Crippen LogP contribution in [0.5, 0.6) is 0 Å². The molecule has 2 rings (SSSR count). The zero-order valence-corrected chi connectivity index (χ0v) is 10.1. The average Bonchev–Trinajstić information content (AvgIpc) is 2.59. The Labute approximate surface area is 93.4 Å². The van der Waals surface area contributed by atoms with Gasteiger partial charge < -0.3 is 16.0 Å². The molecule has 0 amide bonds. The Hall–Kier alpha value is -0.120. The first kappa shape index (κ1) is 11.4. The smallest absolute Gasteiger partial charge is 0.00966 e. The zero-order valence-electron chi connectivity index (χ0n) is 10.1.